The summed E-state index contributed by atoms with van der Waals surface area (Å²) in [5.41, 5.74) is 1.32. The highest BCUT2D eigenvalue weighted by Crippen LogP contribution is 2.10. The predicted molar refractivity (Wildman–Crippen MR) is 65.8 cm³/mol. The lowest BCUT2D eigenvalue weighted by molar-refractivity contribution is 0.0947. The van der Waals surface area contributed by atoms with Gasteiger partial charge in [0.1, 0.15) is 5.15 Å². The van der Waals surface area contributed by atoms with Crippen LogP contribution < -0.4 is 5.32 Å². The molecule has 0 aliphatic rings. The van der Waals surface area contributed by atoms with Gasteiger partial charge in [-0.25, -0.2) is 4.98 Å². The molecule has 0 radical (unpaired) electrons. The first-order valence-electron chi connectivity index (χ1n) is 5.45. The molecule has 1 unspecified atom stereocenters. The molecule has 1 aromatic rings. The molecule has 1 rings (SSSR count). The number of carbonyl (C=O) groups excluding carboxylic acids is 1. The highest BCUT2D eigenvalue weighted by atomic mass is 35.5. The second kappa shape index (κ2) is 5.85. The molecular weight excluding hydrogens is 224 g/mol. The minimum Gasteiger partial charge on any atom is -0.352 e. The first-order valence-corrected chi connectivity index (χ1v) is 5.83. The number of halogens is 1. The summed E-state index contributed by atoms with van der Waals surface area (Å²) in [6.07, 6.45) is 1.05. The normalized spacial score (nSPS) is 12.2. The van der Waals surface area contributed by atoms with Gasteiger partial charge in [0.15, 0.2) is 0 Å². The van der Waals surface area contributed by atoms with Gasteiger partial charge in [0.05, 0.1) is 0 Å². The molecule has 0 spiro atoms. The van der Waals surface area contributed by atoms with E-state index in [9.17, 15) is 4.79 Å². The number of amides is 1. The van der Waals surface area contributed by atoms with Crippen LogP contribution in [-0.4, -0.2) is 17.4 Å². The van der Waals surface area contributed by atoms with Gasteiger partial charge in [0.25, 0.3) is 5.91 Å². The maximum atomic E-state index is 11.8. The molecule has 1 N–H and O–H groups in total. The van der Waals surface area contributed by atoms with Crippen LogP contribution in [0.3, 0.4) is 0 Å². The summed E-state index contributed by atoms with van der Waals surface area (Å²) < 4.78 is 0. The van der Waals surface area contributed by atoms with Crippen LogP contribution in [0, 0.1) is 12.8 Å². The fraction of sp³-hybridized carbons (Fsp3) is 0.500. The Morgan fingerprint density at radius 1 is 1.56 bits per heavy atom. The number of hydrogen-bond donors (Lipinski definition) is 1. The number of nitrogens with zero attached hydrogens (tertiary/aromatic N) is 1. The molecule has 3 nitrogen and oxygen atoms in total. The SMILES string of the molecule is CCC(C)CNC(=O)c1cc(C)nc(Cl)c1. The van der Waals surface area contributed by atoms with E-state index < -0.39 is 0 Å². The first-order chi connectivity index (χ1) is 7.52. The predicted octanol–water partition coefficient (Wildman–Crippen LogP) is 2.82. The molecule has 0 bridgehead atoms. The van der Waals surface area contributed by atoms with Crippen molar-refractivity contribution in [3.8, 4) is 0 Å². The Morgan fingerprint density at radius 3 is 2.81 bits per heavy atom. The van der Waals surface area contributed by atoms with E-state index in [1.165, 1.54) is 0 Å². The fourth-order valence-electron chi connectivity index (χ4n) is 1.27. The lowest BCUT2D eigenvalue weighted by Gasteiger charge is -2.10. The average Bonchev–Trinajstić information content (AvgIpc) is 2.23. The Balaban J connectivity index is 2.66. The zero-order valence-electron chi connectivity index (χ0n) is 9.88. The van der Waals surface area contributed by atoms with Crippen molar-refractivity contribution in [3.05, 3.63) is 28.5 Å². The van der Waals surface area contributed by atoms with E-state index in [1.807, 2.05) is 6.92 Å². The van der Waals surface area contributed by atoms with Gasteiger partial charge in [0, 0.05) is 17.8 Å². The van der Waals surface area contributed by atoms with Crippen LogP contribution >= 0.6 is 11.6 Å². The Hall–Kier alpha value is -1.09. The van der Waals surface area contributed by atoms with Crippen LogP contribution in [0.2, 0.25) is 5.15 Å². The van der Waals surface area contributed by atoms with Crippen molar-refractivity contribution >= 4 is 17.5 Å². The van der Waals surface area contributed by atoms with Crippen LogP contribution in [-0.2, 0) is 0 Å². The third-order valence-electron chi connectivity index (χ3n) is 2.49. The minimum absolute atomic E-state index is 0.0901. The number of aryl methyl sites for hydroxylation is 1. The van der Waals surface area contributed by atoms with Gasteiger partial charge in [-0.15, -0.1) is 0 Å². The van der Waals surface area contributed by atoms with Gasteiger partial charge in [0.2, 0.25) is 0 Å². The van der Waals surface area contributed by atoms with Crippen molar-refractivity contribution in [1.82, 2.24) is 10.3 Å². The second-order valence-electron chi connectivity index (χ2n) is 4.04. The molecule has 0 aromatic carbocycles. The summed E-state index contributed by atoms with van der Waals surface area (Å²) in [6, 6.07) is 3.32. The number of pyridine rings is 1. The van der Waals surface area contributed by atoms with E-state index in [0.29, 0.717) is 23.2 Å². The van der Waals surface area contributed by atoms with Crippen LogP contribution in [0.5, 0.6) is 0 Å². The maximum absolute atomic E-state index is 11.8. The monoisotopic (exact) mass is 240 g/mol. The molecule has 0 saturated heterocycles. The second-order valence-corrected chi connectivity index (χ2v) is 4.43. The van der Waals surface area contributed by atoms with Crippen LogP contribution in [0.4, 0.5) is 0 Å². The third-order valence-corrected chi connectivity index (χ3v) is 2.69. The van der Waals surface area contributed by atoms with Crippen LogP contribution in [0.15, 0.2) is 12.1 Å². The van der Waals surface area contributed by atoms with Crippen molar-refractivity contribution in [2.75, 3.05) is 6.54 Å². The van der Waals surface area contributed by atoms with Gasteiger partial charge < -0.3 is 5.32 Å². The molecule has 4 heteroatoms. The van der Waals surface area contributed by atoms with Crippen molar-refractivity contribution in [2.45, 2.75) is 27.2 Å². The molecule has 88 valence electrons. The Morgan fingerprint density at radius 2 is 2.25 bits per heavy atom. The molecule has 0 saturated carbocycles. The van der Waals surface area contributed by atoms with E-state index in [-0.39, 0.29) is 5.91 Å². The molecule has 1 aromatic heterocycles. The number of hydrogen-bond acceptors (Lipinski definition) is 2. The average molecular weight is 241 g/mol. The Kier molecular flexibility index (Phi) is 4.74. The van der Waals surface area contributed by atoms with E-state index in [4.69, 9.17) is 11.6 Å². The zero-order valence-corrected chi connectivity index (χ0v) is 10.6. The van der Waals surface area contributed by atoms with Gasteiger partial charge >= 0.3 is 0 Å². The summed E-state index contributed by atoms with van der Waals surface area (Å²) in [5.74, 6) is 0.398. The maximum Gasteiger partial charge on any atom is 0.251 e. The molecule has 16 heavy (non-hydrogen) atoms. The molecule has 1 amide bonds. The largest absolute Gasteiger partial charge is 0.352 e. The summed E-state index contributed by atoms with van der Waals surface area (Å²) in [5, 5.41) is 3.23. The van der Waals surface area contributed by atoms with Crippen LogP contribution in [0.25, 0.3) is 0 Å². The number of rotatable bonds is 4. The van der Waals surface area contributed by atoms with Crippen molar-refractivity contribution in [1.29, 1.82) is 0 Å². The molecule has 1 heterocycles. The van der Waals surface area contributed by atoms with Crippen molar-refractivity contribution < 1.29 is 4.79 Å². The van der Waals surface area contributed by atoms with E-state index in [1.54, 1.807) is 12.1 Å². The van der Waals surface area contributed by atoms with Gasteiger partial charge in [-0.2, -0.15) is 0 Å². The smallest absolute Gasteiger partial charge is 0.251 e. The van der Waals surface area contributed by atoms with Gasteiger partial charge in [-0.05, 0) is 25.0 Å². The van der Waals surface area contributed by atoms with E-state index >= 15 is 0 Å². The van der Waals surface area contributed by atoms with Gasteiger partial charge in [-0.1, -0.05) is 31.9 Å². The lowest BCUT2D eigenvalue weighted by Crippen LogP contribution is -2.28. The number of carbonyl (C=O) groups is 1. The Bertz CT molecular complexity index is 359. The highest BCUT2D eigenvalue weighted by molar-refractivity contribution is 6.29. The minimum atomic E-state index is -0.0901. The van der Waals surface area contributed by atoms with Gasteiger partial charge in [-0.3, -0.25) is 4.79 Å². The molecule has 0 aliphatic carbocycles. The standard InChI is InChI=1S/C12H17ClN2O/c1-4-8(2)7-14-12(16)10-5-9(3)15-11(13)6-10/h5-6,8H,4,7H2,1-3H3,(H,14,16). The fourth-order valence-corrected chi connectivity index (χ4v) is 1.52. The summed E-state index contributed by atoms with van der Waals surface area (Å²) in [7, 11) is 0. The van der Waals surface area contributed by atoms with Crippen molar-refractivity contribution in [3.63, 3.8) is 0 Å². The topological polar surface area (TPSA) is 42.0 Å². The quantitative estimate of drug-likeness (QED) is 0.823. The highest BCUT2D eigenvalue weighted by Gasteiger charge is 2.08. The lowest BCUT2D eigenvalue weighted by atomic mass is 10.1. The summed E-state index contributed by atoms with van der Waals surface area (Å²) >= 11 is 5.79. The third kappa shape index (κ3) is 3.81. The summed E-state index contributed by atoms with van der Waals surface area (Å²) in [6.45, 7) is 6.71. The molecule has 1 atom stereocenters. The first kappa shape index (κ1) is 13.0. The van der Waals surface area contributed by atoms with E-state index in [2.05, 4.69) is 24.1 Å². The molecular formula is C12H17ClN2O. The summed E-state index contributed by atoms with van der Waals surface area (Å²) in [4.78, 5) is 15.8. The molecule has 0 aliphatic heterocycles. The zero-order chi connectivity index (χ0) is 12.1. The Labute approximate surface area is 101 Å². The number of aromatic nitrogens is 1. The molecule has 0 fully saturated rings. The van der Waals surface area contributed by atoms with E-state index in [0.717, 1.165) is 12.1 Å². The number of nitrogens with one attached hydrogen (secondary N) is 1. The van der Waals surface area contributed by atoms with Crippen LogP contribution in [0.1, 0.15) is 36.3 Å². The van der Waals surface area contributed by atoms with Crippen molar-refractivity contribution in [2.24, 2.45) is 5.92 Å².